The van der Waals surface area contributed by atoms with Gasteiger partial charge in [0, 0.05) is 24.9 Å². The zero-order valence-electron chi connectivity index (χ0n) is 16.2. The molecule has 1 saturated carbocycles. The zero-order chi connectivity index (χ0) is 18.0. The van der Waals surface area contributed by atoms with Gasteiger partial charge in [0.05, 0.1) is 0 Å². The van der Waals surface area contributed by atoms with Crippen LogP contribution in [0.3, 0.4) is 0 Å². The third-order valence-corrected chi connectivity index (χ3v) is 5.17. The molecule has 2 unspecified atom stereocenters. The maximum absolute atomic E-state index is 12.1. The molecule has 0 aliphatic heterocycles. The highest BCUT2D eigenvalue weighted by atomic mass is 16.2. The van der Waals surface area contributed by atoms with Crippen molar-refractivity contribution in [2.24, 2.45) is 5.41 Å². The second kappa shape index (κ2) is 10.7. The Morgan fingerprint density at radius 1 is 0.792 bits per heavy atom. The van der Waals surface area contributed by atoms with E-state index in [1.807, 2.05) is 13.8 Å². The summed E-state index contributed by atoms with van der Waals surface area (Å²) in [4.78, 5) is 24.1. The van der Waals surface area contributed by atoms with E-state index in [4.69, 9.17) is 0 Å². The molecule has 2 N–H and O–H groups in total. The van der Waals surface area contributed by atoms with Gasteiger partial charge in [-0.05, 0) is 50.4 Å². The minimum absolute atomic E-state index is 0.157. The summed E-state index contributed by atoms with van der Waals surface area (Å²) in [6.45, 7) is 8.54. The zero-order valence-corrected chi connectivity index (χ0v) is 16.2. The molecule has 1 aliphatic carbocycles. The monoisotopic (exact) mass is 338 g/mol. The number of rotatable bonds is 10. The molecule has 4 heteroatoms. The van der Waals surface area contributed by atoms with Crippen LogP contribution >= 0.6 is 0 Å². The molecular formula is C20H38N2O2. The lowest BCUT2D eigenvalue weighted by Crippen LogP contribution is -2.51. The smallest absolute Gasteiger partial charge is 0.220 e. The molecule has 0 radical (unpaired) electrons. The summed E-state index contributed by atoms with van der Waals surface area (Å²) in [7, 11) is 0. The maximum atomic E-state index is 12.1. The fourth-order valence-electron chi connectivity index (χ4n) is 4.51. The van der Waals surface area contributed by atoms with Crippen LogP contribution in [0.4, 0.5) is 0 Å². The second-order valence-electron chi connectivity index (χ2n) is 7.67. The third kappa shape index (κ3) is 6.82. The molecule has 1 aliphatic rings. The van der Waals surface area contributed by atoms with Gasteiger partial charge in [0.2, 0.25) is 11.8 Å². The highest BCUT2D eigenvalue weighted by molar-refractivity contribution is 5.77. The first kappa shape index (κ1) is 21.0. The maximum Gasteiger partial charge on any atom is 0.220 e. The number of hydrogen-bond acceptors (Lipinski definition) is 2. The van der Waals surface area contributed by atoms with Crippen LogP contribution in [0.15, 0.2) is 0 Å². The van der Waals surface area contributed by atoms with E-state index in [2.05, 4.69) is 24.5 Å². The lowest BCUT2D eigenvalue weighted by Gasteiger charge is -2.45. The fraction of sp³-hybridized carbons (Fsp3) is 0.900. The summed E-state index contributed by atoms with van der Waals surface area (Å²) in [6, 6.07) is 0.394. The summed E-state index contributed by atoms with van der Waals surface area (Å²) in [5.74, 6) is 0.315. The van der Waals surface area contributed by atoms with Crippen molar-refractivity contribution in [3.63, 3.8) is 0 Å². The van der Waals surface area contributed by atoms with Gasteiger partial charge in [-0.1, -0.05) is 40.5 Å². The molecule has 140 valence electrons. The largest absolute Gasteiger partial charge is 0.353 e. The van der Waals surface area contributed by atoms with Gasteiger partial charge in [-0.3, -0.25) is 9.59 Å². The van der Waals surface area contributed by atoms with E-state index in [0.29, 0.717) is 12.8 Å². The molecule has 0 saturated heterocycles. The van der Waals surface area contributed by atoms with E-state index in [1.54, 1.807) is 0 Å². The summed E-state index contributed by atoms with van der Waals surface area (Å²) in [6.07, 6.45) is 10.6. The van der Waals surface area contributed by atoms with Crippen LogP contribution in [-0.4, -0.2) is 23.9 Å². The summed E-state index contributed by atoms with van der Waals surface area (Å²) < 4.78 is 0. The lowest BCUT2D eigenvalue weighted by atomic mass is 9.65. The minimum atomic E-state index is 0.157. The van der Waals surface area contributed by atoms with Gasteiger partial charge < -0.3 is 10.6 Å². The lowest BCUT2D eigenvalue weighted by molar-refractivity contribution is -0.123. The van der Waals surface area contributed by atoms with Gasteiger partial charge >= 0.3 is 0 Å². The first-order valence-corrected chi connectivity index (χ1v) is 10.1. The number of nitrogens with one attached hydrogen (secondary N) is 2. The highest BCUT2D eigenvalue weighted by Gasteiger charge is 2.40. The van der Waals surface area contributed by atoms with E-state index >= 15 is 0 Å². The normalized spacial score (nSPS) is 22.8. The Hall–Kier alpha value is -1.06. The average molecular weight is 339 g/mol. The topological polar surface area (TPSA) is 58.2 Å². The van der Waals surface area contributed by atoms with E-state index in [-0.39, 0.29) is 29.3 Å². The van der Waals surface area contributed by atoms with E-state index in [0.717, 1.165) is 44.9 Å². The van der Waals surface area contributed by atoms with Crippen molar-refractivity contribution in [2.45, 2.75) is 110 Å². The molecule has 24 heavy (non-hydrogen) atoms. The van der Waals surface area contributed by atoms with Gasteiger partial charge in [0.1, 0.15) is 0 Å². The predicted octanol–water partition coefficient (Wildman–Crippen LogP) is 4.33. The van der Waals surface area contributed by atoms with Crippen molar-refractivity contribution in [3.05, 3.63) is 0 Å². The Morgan fingerprint density at radius 2 is 1.21 bits per heavy atom. The van der Waals surface area contributed by atoms with Gasteiger partial charge in [-0.15, -0.1) is 0 Å². The van der Waals surface area contributed by atoms with Crippen molar-refractivity contribution in [1.29, 1.82) is 0 Å². The van der Waals surface area contributed by atoms with Crippen LogP contribution < -0.4 is 10.6 Å². The standard InChI is InChI=1S/C20H38N2O2/c1-5-9-18(23)21-16-13-17(22-19(24)10-6-2)15-20(14-16,11-7-3)12-8-4/h16-17H,5-15H2,1-4H3,(H,21,23)(H,22,24). The third-order valence-electron chi connectivity index (χ3n) is 5.17. The first-order valence-electron chi connectivity index (χ1n) is 10.1. The van der Waals surface area contributed by atoms with Crippen molar-refractivity contribution < 1.29 is 9.59 Å². The molecule has 0 aromatic carbocycles. The number of carbonyl (C=O) groups excluding carboxylic acids is 2. The summed E-state index contributed by atoms with van der Waals surface area (Å²) in [5.41, 5.74) is 0.260. The van der Waals surface area contributed by atoms with Crippen molar-refractivity contribution >= 4 is 11.8 Å². The summed E-state index contributed by atoms with van der Waals surface area (Å²) >= 11 is 0. The van der Waals surface area contributed by atoms with Crippen LogP contribution in [-0.2, 0) is 9.59 Å². The molecule has 2 atom stereocenters. The number of hydrogen-bond donors (Lipinski definition) is 2. The number of amides is 2. The average Bonchev–Trinajstić information content (AvgIpc) is 2.47. The molecule has 1 rings (SSSR count). The molecule has 4 nitrogen and oxygen atoms in total. The Labute approximate surface area is 148 Å². The minimum Gasteiger partial charge on any atom is -0.353 e. The van der Waals surface area contributed by atoms with Crippen LogP contribution in [0.1, 0.15) is 98.3 Å². The fourth-order valence-corrected chi connectivity index (χ4v) is 4.51. The van der Waals surface area contributed by atoms with Crippen LogP contribution in [0.2, 0.25) is 0 Å². The van der Waals surface area contributed by atoms with Crippen LogP contribution in [0.25, 0.3) is 0 Å². The van der Waals surface area contributed by atoms with Crippen molar-refractivity contribution in [2.75, 3.05) is 0 Å². The first-order chi connectivity index (χ1) is 11.5. The molecule has 0 bridgehead atoms. The molecule has 0 spiro atoms. The predicted molar refractivity (Wildman–Crippen MR) is 99.8 cm³/mol. The molecule has 0 aromatic heterocycles. The summed E-state index contributed by atoms with van der Waals surface area (Å²) in [5, 5.41) is 6.47. The van der Waals surface area contributed by atoms with E-state index in [9.17, 15) is 9.59 Å². The molecule has 0 heterocycles. The van der Waals surface area contributed by atoms with Gasteiger partial charge in [0.25, 0.3) is 0 Å². The van der Waals surface area contributed by atoms with Gasteiger partial charge in [-0.25, -0.2) is 0 Å². The Kier molecular flexibility index (Phi) is 9.38. The Balaban J connectivity index is 2.83. The highest BCUT2D eigenvalue weighted by Crippen LogP contribution is 2.44. The van der Waals surface area contributed by atoms with Gasteiger partial charge in [0.15, 0.2) is 0 Å². The van der Waals surface area contributed by atoms with Crippen molar-refractivity contribution in [1.82, 2.24) is 10.6 Å². The Bertz CT molecular complexity index is 359. The van der Waals surface area contributed by atoms with E-state index in [1.165, 1.54) is 12.8 Å². The van der Waals surface area contributed by atoms with Crippen molar-refractivity contribution in [3.8, 4) is 0 Å². The van der Waals surface area contributed by atoms with Crippen LogP contribution in [0, 0.1) is 5.41 Å². The number of carbonyl (C=O) groups is 2. The SMILES string of the molecule is CCCC(=O)NC1CC(NC(=O)CCC)CC(CCC)(CCC)C1. The Morgan fingerprint density at radius 3 is 1.54 bits per heavy atom. The quantitative estimate of drug-likeness (QED) is 0.623. The van der Waals surface area contributed by atoms with E-state index < -0.39 is 0 Å². The molecule has 2 amide bonds. The molecule has 0 aromatic rings. The second-order valence-corrected chi connectivity index (χ2v) is 7.67. The molecular weight excluding hydrogens is 300 g/mol. The van der Waals surface area contributed by atoms with Crippen LogP contribution in [0.5, 0.6) is 0 Å². The molecule has 1 fully saturated rings. The van der Waals surface area contributed by atoms with Gasteiger partial charge in [-0.2, -0.15) is 0 Å².